The summed E-state index contributed by atoms with van der Waals surface area (Å²) < 4.78 is 13.9. The van der Waals surface area contributed by atoms with Crippen LogP contribution >= 0.6 is 15.9 Å². The summed E-state index contributed by atoms with van der Waals surface area (Å²) in [6.07, 6.45) is 1.93. The average molecular weight is 333 g/mol. The van der Waals surface area contributed by atoms with E-state index in [2.05, 4.69) is 39.2 Å². The third kappa shape index (κ3) is 2.56. The lowest BCUT2D eigenvalue weighted by molar-refractivity contribution is 0.625. The van der Waals surface area contributed by atoms with Crippen LogP contribution in [0.15, 0.2) is 53.1 Å². The van der Waals surface area contributed by atoms with Crippen molar-refractivity contribution in [2.24, 2.45) is 0 Å². The molecular formula is C16H14BrFN2. The average Bonchev–Trinajstić information content (AvgIpc) is 2.85. The van der Waals surface area contributed by atoms with Crippen LogP contribution in [0.5, 0.6) is 0 Å². The lowest BCUT2D eigenvalue weighted by atomic mass is 10.1. The van der Waals surface area contributed by atoms with Gasteiger partial charge in [-0.15, -0.1) is 0 Å². The SMILES string of the molecule is CC(Nc1ccc2[nH]ccc2c1)c1ccc(F)cc1Br. The van der Waals surface area contributed by atoms with E-state index >= 15 is 0 Å². The molecule has 102 valence electrons. The van der Waals surface area contributed by atoms with Gasteiger partial charge in [-0.1, -0.05) is 22.0 Å². The van der Waals surface area contributed by atoms with Crippen molar-refractivity contribution in [1.82, 2.24) is 4.98 Å². The minimum atomic E-state index is -0.235. The second-order valence-electron chi connectivity index (χ2n) is 4.81. The van der Waals surface area contributed by atoms with Gasteiger partial charge in [0.25, 0.3) is 0 Å². The molecule has 1 aromatic heterocycles. The zero-order valence-electron chi connectivity index (χ0n) is 11.0. The summed E-state index contributed by atoms with van der Waals surface area (Å²) in [5.41, 5.74) is 3.19. The fraction of sp³-hybridized carbons (Fsp3) is 0.125. The number of aromatic nitrogens is 1. The second kappa shape index (κ2) is 5.29. The number of benzene rings is 2. The molecule has 0 radical (unpaired) electrons. The predicted octanol–water partition coefficient (Wildman–Crippen LogP) is 5.24. The number of fused-ring (bicyclic) bond motifs is 1. The number of nitrogens with one attached hydrogen (secondary N) is 2. The molecule has 0 spiro atoms. The molecular weight excluding hydrogens is 319 g/mol. The molecule has 1 unspecified atom stereocenters. The highest BCUT2D eigenvalue weighted by Crippen LogP contribution is 2.28. The van der Waals surface area contributed by atoms with Gasteiger partial charge in [0, 0.05) is 33.3 Å². The van der Waals surface area contributed by atoms with E-state index in [1.165, 1.54) is 17.5 Å². The molecule has 0 amide bonds. The molecule has 0 aliphatic heterocycles. The Balaban J connectivity index is 1.85. The first-order chi connectivity index (χ1) is 9.63. The van der Waals surface area contributed by atoms with Crippen molar-refractivity contribution >= 4 is 32.5 Å². The molecule has 20 heavy (non-hydrogen) atoms. The molecule has 3 aromatic rings. The normalized spacial score (nSPS) is 12.6. The summed E-state index contributed by atoms with van der Waals surface area (Å²) in [6, 6.07) is 13.1. The van der Waals surface area contributed by atoms with Crippen molar-refractivity contribution in [3.63, 3.8) is 0 Å². The highest BCUT2D eigenvalue weighted by Gasteiger charge is 2.10. The number of hydrogen-bond acceptors (Lipinski definition) is 1. The van der Waals surface area contributed by atoms with Crippen LogP contribution in [0.2, 0.25) is 0 Å². The van der Waals surface area contributed by atoms with Gasteiger partial charge in [0.15, 0.2) is 0 Å². The summed E-state index contributed by atoms with van der Waals surface area (Å²) in [5.74, 6) is -0.235. The van der Waals surface area contributed by atoms with E-state index in [9.17, 15) is 4.39 Å². The second-order valence-corrected chi connectivity index (χ2v) is 5.67. The standard InChI is InChI=1S/C16H14BrFN2/c1-10(14-4-2-12(18)9-15(14)17)20-13-3-5-16-11(8-13)6-7-19-16/h2-10,19-20H,1H3. The summed E-state index contributed by atoms with van der Waals surface area (Å²) in [6.45, 7) is 2.05. The van der Waals surface area contributed by atoms with E-state index in [0.29, 0.717) is 0 Å². The lowest BCUT2D eigenvalue weighted by Crippen LogP contribution is -2.07. The van der Waals surface area contributed by atoms with Gasteiger partial charge in [0.2, 0.25) is 0 Å². The monoisotopic (exact) mass is 332 g/mol. The number of halogens is 2. The highest BCUT2D eigenvalue weighted by atomic mass is 79.9. The minimum Gasteiger partial charge on any atom is -0.378 e. The van der Waals surface area contributed by atoms with Gasteiger partial charge in [-0.2, -0.15) is 0 Å². The lowest BCUT2D eigenvalue weighted by Gasteiger charge is -2.17. The zero-order valence-corrected chi connectivity index (χ0v) is 12.5. The Hall–Kier alpha value is -1.81. The van der Waals surface area contributed by atoms with E-state index in [-0.39, 0.29) is 11.9 Å². The molecule has 0 aliphatic carbocycles. The van der Waals surface area contributed by atoms with E-state index in [4.69, 9.17) is 0 Å². The number of hydrogen-bond donors (Lipinski definition) is 2. The Bertz CT molecular complexity index is 751. The van der Waals surface area contributed by atoms with Gasteiger partial charge < -0.3 is 10.3 Å². The number of aromatic amines is 1. The maximum absolute atomic E-state index is 13.1. The van der Waals surface area contributed by atoms with Crippen molar-refractivity contribution in [3.05, 3.63) is 64.5 Å². The summed E-state index contributed by atoms with van der Waals surface area (Å²) >= 11 is 3.41. The molecule has 0 bridgehead atoms. The molecule has 0 saturated carbocycles. The van der Waals surface area contributed by atoms with Gasteiger partial charge in [0.1, 0.15) is 5.82 Å². The Morgan fingerprint density at radius 1 is 1.15 bits per heavy atom. The minimum absolute atomic E-state index is 0.0846. The molecule has 2 N–H and O–H groups in total. The van der Waals surface area contributed by atoms with Crippen LogP contribution in [0.1, 0.15) is 18.5 Å². The maximum atomic E-state index is 13.1. The van der Waals surface area contributed by atoms with E-state index in [1.54, 1.807) is 6.07 Å². The highest BCUT2D eigenvalue weighted by molar-refractivity contribution is 9.10. The van der Waals surface area contributed by atoms with Gasteiger partial charge in [-0.05, 0) is 48.9 Å². The first-order valence-electron chi connectivity index (χ1n) is 6.42. The van der Waals surface area contributed by atoms with Crippen molar-refractivity contribution in [2.75, 3.05) is 5.32 Å². The molecule has 4 heteroatoms. The fourth-order valence-electron chi connectivity index (χ4n) is 2.32. The number of H-pyrrole nitrogens is 1. The van der Waals surface area contributed by atoms with Gasteiger partial charge in [-0.25, -0.2) is 4.39 Å². The third-order valence-electron chi connectivity index (χ3n) is 3.37. The first kappa shape index (κ1) is 13.2. The van der Waals surface area contributed by atoms with Crippen LogP contribution in [0.4, 0.5) is 10.1 Å². The Morgan fingerprint density at radius 3 is 2.80 bits per heavy atom. The van der Waals surface area contributed by atoms with E-state index < -0.39 is 0 Å². The van der Waals surface area contributed by atoms with E-state index in [0.717, 1.165) is 21.2 Å². The topological polar surface area (TPSA) is 27.8 Å². The quantitative estimate of drug-likeness (QED) is 0.674. The molecule has 2 nitrogen and oxygen atoms in total. The molecule has 0 fully saturated rings. The molecule has 0 saturated heterocycles. The molecule has 2 aromatic carbocycles. The van der Waals surface area contributed by atoms with E-state index in [1.807, 2.05) is 24.4 Å². The fourth-order valence-corrected chi connectivity index (χ4v) is 3.02. The molecule has 1 atom stereocenters. The van der Waals surface area contributed by atoms with Crippen molar-refractivity contribution < 1.29 is 4.39 Å². The van der Waals surface area contributed by atoms with Crippen molar-refractivity contribution in [3.8, 4) is 0 Å². The maximum Gasteiger partial charge on any atom is 0.124 e. The Labute approximate surface area is 125 Å². The predicted molar refractivity (Wildman–Crippen MR) is 84.4 cm³/mol. The summed E-state index contributed by atoms with van der Waals surface area (Å²) in [5, 5.41) is 4.60. The van der Waals surface area contributed by atoms with Gasteiger partial charge in [0.05, 0.1) is 0 Å². The van der Waals surface area contributed by atoms with Crippen molar-refractivity contribution in [1.29, 1.82) is 0 Å². The molecule has 1 heterocycles. The van der Waals surface area contributed by atoms with Crippen LogP contribution in [0.25, 0.3) is 10.9 Å². The van der Waals surface area contributed by atoms with Crippen molar-refractivity contribution in [2.45, 2.75) is 13.0 Å². The molecule has 0 aliphatic rings. The zero-order chi connectivity index (χ0) is 14.1. The van der Waals surface area contributed by atoms with Gasteiger partial charge in [-0.3, -0.25) is 0 Å². The van der Waals surface area contributed by atoms with Crippen LogP contribution < -0.4 is 5.32 Å². The first-order valence-corrected chi connectivity index (χ1v) is 7.21. The number of anilines is 1. The van der Waals surface area contributed by atoms with Gasteiger partial charge >= 0.3 is 0 Å². The largest absolute Gasteiger partial charge is 0.378 e. The third-order valence-corrected chi connectivity index (χ3v) is 4.05. The molecule has 3 rings (SSSR count). The smallest absolute Gasteiger partial charge is 0.124 e. The summed E-state index contributed by atoms with van der Waals surface area (Å²) in [7, 11) is 0. The summed E-state index contributed by atoms with van der Waals surface area (Å²) in [4.78, 5) is 3.17. The number of rotatable bonds is 3. The Kier molecular flexibility index (Phi) is 3.49. The Morgan fingerprint density at radius 2 is 2.00 bits per heavy atom. The van der Waals surface area contributed by atoms with Crippen LogP contribution in [-0.4, -0.2) is 4.98 Å². The van der Waals surface area contributed by atoms with Crippen LogP contribution in [-0.2, 0) is 0 Å². The van der Waals surface area contributed by atoms with Crippen LogP contribution in [0.3, 0.4) is 0 Å². The van der Waals surface area contributed by atoms with Crippen LogP contribution in [0, 0.1) is 5.82 Å².